The molecule has 0 saturated carbocycles. The molecule has 9 heteroatoms. The number of nitrogens with one attached hydrogen (secondary N) is 2. The standard InChI is InChI=1S/C19H18BrFN4O2S/c1-26-13-7-8-16(17(9-13)27-2)22-19(28)23-18-14(20)11-25(24-18)10-12-5-3-4-6-15(12)21/h3-9,11H,10H2,1-2H3,(H2,22,23,24,28). The van der Waals surface area contributed by atoms with Crippen molar-refractivity contribution in [2.45, 2.75) is 6.54 Å². The minimum Gasteiger partial charge on any atom is -0.497 e. The Bertz CT molecular complexity index is 996. The zero-order chi connectivity index (χ0) is 20.1. The molecule has 0 saturated heterocycles. The molecule has 0 atom stereocenters. The highest BCUT2D eigenvalue weighted by atomic mass is 79.9. The molecule has 0 aliphatic carbocycles. The van der Waals surface area contributed by atoms with Gasteiger partial charge in [-0.3, -0.25) is 4.68 Å². The molecule has 1 aromatic heterocycles. The lowest BCUT2D eigenvalue weighted by Crippen LogP contribution is -2.20. The zero-order valence-corrected chi connectivity index (χ0v) is 17.6. The van der Waals surface area contributed by atoms with Gasteiger partial charge in [0.15, 0.2) is 10.9 Å². The average molecular weight is 465 g/mol. The molecule has 0 spiro atoms. The maximum atomic E-state index is 13.8. The van der Waals surface area contributed by atoms with Crippen LogP contribution in [0.5, 0.6) is 11.5 Å². The Hall–Kier alpha value is -2.65. The quantitative estimate of drug-likeness (QED) is 0.517. The van der Waals surface area contributed by atoms with E-state index in [0.717, 1.165) is 0 Å². The number of halogens is 2. The van der Waals surface area contributed by atoms with E-state index in [1.807, 2.05) is 0 Å². The van der Waals surface area contributed by atoms with Gasteiger partial charge in [0.25, 0.3) is 0 Å². The zero-order valence-electron chi connectivity index (χ0n) is 15.2. The molecule has 3 rings (SSSR count). The lowest BCUT2D eigenvalue weighted by atomic mass is 10.2. The number of anilines is 2. The molecule has 28 heavy (non-hydrogen) atoms. The van der Waals surface area contributed by atoms with Gasteiger partial charge in [-0.1, -0.05) is 18.2 Å². The highest BCUT2D eigenvalue weighted by Gasteiger charge is 2.12. The molecule has 0 bridgehead atoms. The number of benzene rings is 2. The van der Waals surface area contributed by atoms with Crippen molar-refractivity contribution < 1.29 is 13.9 Å². The van der Waals surface area contributed by atoms with Gasteiger partial charge in [-0.2, -0.15) is 5.10 Å². The van der Waals surface area contributed by atoms with Gasteiger partial charge in [0.1, 0.15) is 17.3 Å². The van der Waals surface area contributed by atoms with Crippen LogP contribution >= 0.6 is 28.1 Å². The van der Waals surface area contributed by atoms with Crippen LogP contribution in [0.25, 0.3) is 0 Å². The van der Waals surface area contributed by atoms with Crippen LogP contribution in [-0.2, 0) is 6.54 Å². The number of hydrogen-bond donors (Lipinski definition) is 2. The predicted octanol–water partition coefficient (Wildman–Crippen LogP) is 4.66. The van der Waals surface area contributed by atoms with Gasteiger partial charge in [-0.25, -0.2) is 4.39 Å². The summed E-state index contributed by atoms with van der Waals surface area (Å²) in [6.45, 7) is 0.305. The summed E-state index contributed by atoms with van der Waals surface area (Å²) in [7, 11) is 3.15. The van der Waals surface area contributed by atoms with Crippen molar-refractivity contribution in [3.8, 4) is 11.5 Å². The molecular formula is C19H18BrFN4O2S. The smallest absolute Gasteiger partial charge is 0.176 e. The summed E-state index contributed by atoms with van der Waals surface area (Å²) in [6.07, 6.45) is 1.76. The van der Waals surface area contributed by atoms with Crippen molar-refractivity contribution in [3.05, 3.63) is 64.5 Å². The van der Waals surface area contributed by atoms with E-state index < -0.39 is 0 Å². The molecule has 3 aromatic rings. The van der Waals surface area contributed by atoms with Crippen LogP contribution in [0.15, 0.2) is 53.1 Å². The second kappa shape index (κ2) is 9.03. The number of thiocarbonyl (C=S) groups is 1. The number of aromatic nitrogens is 2. The first-order valence-corrected chi connectivity index (χ1v) is 9.46. The lowest BCUT2D eigenvalue weighted by Gasteiger charge is -2.13. The van der Waals surface area contributed by atoms with Gasteiger partial charge in [-0.15, -0.1) is 0 Å². The van der Waals surface area contributed by atoms with Gasteiger partial charge in [0, 0.05) is 17.8 Å². The Morgan fingerprint density at radius 3 is 2.68 bits per heavy atom. The maximum Gasteiger partial charge on any atom is 0.176 e. The Labute approximate surface area is 175 Å². The van der Waals surface area contributed by atoms with Gasteiger partial charge in [-0.05, 0) is 46.3 Å². The monoisotopic (exact) mass is 464 g/mol. The van der Waals surface area contributed by atoms with Gasteiger partial charge in [0.2, 0.25) is 0 Å². The summed E-state index contributed by atoms with van der Waals surface area (Å²) < 4.78 is 26.7. The number of methoxy groups -OCH3 is 2. The van der Waals surface area contributed by atoms with E-state index in [2.05, 4.69) is 31.7 Å². The molecule has 146 valence electrons. The van der Waals surface area contributed by atoms with Crippen LogP contribution < -0.4 is 20.1 Å². The van der Waals surface area contributed by atoms with Crippen molar-refractivity contribution in [2.75, 3.05) is 24.9 Å². The van der Waals surface area contributed by atoms with E-state index >= 15 is 0 Å². The molecule has 6 nitrogen and oxygen atoms in total. The SMILES string of the molecule is COc1ccc(NC(=S)Nc2nn(Cc3ccccc3F)cc2Br)c(OC)c1. The number of ether oxygens (including phenoxy) is 2. The molecule has 0 unspecified atom stereocenters. The predicted molar refractivity (Wildman–Crippen MR) is 115 cm³/mol. The van der Waals surface area contributed by atoms with E-state index in [-0.39, 0.29) is 5.82 Å². The highest BCUT2D eigenvalue weighted by Crippen LogP contribution is 2.29. The minimum absolute atomic E-state index is 0.271. The van der Waals surface area contributed by atoms with Crippen LogP contribution in [0.3, 0.4) is 0 Å². The molecule has 0 fully saturated rings. The van der Waals surface area contributed by atoms with E-state index in [0.29, 0.717) is 44.7 Å². The third-order valence-corrected chi connectivity index (χ3v) is 4.68. The molecule has 1 heterocycles. The lowest BCUT2D eigenvalue weighted by molar-refractivity contribution is 0.395. The van der Waals surface area contributed by atoms with Crippen molar-refractivity contribution in [1.29, 1.82) is 0 Å². The summed E-state index contributed by atoms with van der Waals surface area (Å²) in [6, 6.07) is 11.9. The molecule has 0 radical (unpaired) electrons. The second-order valence-electron chi connectivity index (χ2n) is 5.76. The summed E-state index contributed by atoms with van der Waals surface area (Å²) in [5.74, 6) is 1.51. The third-order valence-electron chi connectivity index (χ3n) is 3.90. The highest BCUT2D eigenvalue weighted by molar-refractivity contribution is 9.10. The summed E-state index contributed by atoms with van der Waals surface area (Å²) in [5.41, 5.74) is 1.23. The Morgan fingerprint density at radius 1 is 1.18 bits per heavy atom. The fourth-order valence-electron chi connectivity index (χ4n) is 2.53. The van der Waals surface area contributed by atoms with Crippen LogP contribution in [0.4, 0.5) is 15.9 Å². The minimum atomic E-state index is -0.271. The first-order valence-electron chi connectivity index (χ1n) is 8.26. The third kappa shape index (κ3) is 4.79. The topological polar surface area (TPSA) is 60.3 Å². The Kier molecular flexibility index (Phi) is 6.48. The first kappa shape index (κ1) is 20.1. The largest absolute Gasteiger partial charge is 0.497 e. The molecule has 0 aliphatic heterocycles. The van der Waals surface area contributed by atoms with Crippen LogP contribution in [0.2, 0.25) is 0 Å². The van der Waals surface area contributed by atoms with Crippen LogP contribution in [0, 0.1) is 5.82 Å². The molecule has 0 aliphatic rings. The Balaban J connectivity index is 1.69. The fraction of sp³-hybridized carbons (Fsp3) is 0.158. The summed E-state index contributed by atoms with van der Waals surface area (Å²) in [5, 5.41) is 10.8. The first-order chi connectivity index (χ1) is 13.5. The second-order valence-corrected chi connectivity index (χ2v) is 7.02. The van der Waals surface area contributed by atoms with Crippen molar-refractivity contribution in [2.24, 2.45) is 0 Å². The van der Waals surface area contributed by atoms with Crippen molar-refractivity contribution in [1.82, 2.24) is 9.78 Å². The number of nitrogens with zero attached hydrogens (tertiary/aromatic N) is 2. The summed E-state index contributed by atoms with van der Waals surface area (Å²) >= 11 is 8.81. The molecule has 2 N–H and O–H groups in total. The van der Waals surface area contributed by atoms with Crippen molar-refractivity contribution >= 4 is 44.8 Å². The van der Waals surface area contributed by atoms with Crippen molar-refractivity contribution in [3.63, 3.8) is 0 Å². The number of rotatable bonds is 6. The molecule has 2 aromatic carbocycles. The van der Waals surface area contributed by atoms with E-state index in [1.165, 1.54) is 6.07 Å². The Morgan fingerprint density at radius 2 is 1.96 bits per heavy atom. The van der Waals surface area contributed by atoms with Gasteiger partial charge < -0.3 is 20.1 Å². The fourth-order valence-corrected chi connectivity index (χ4v) is 3.15. The van der Waals surface area contributed by atoms with Crippen LogP contribution in [0.1, 0.15) is 5.56 Å². The normalized spacial score (nSPS) is 10.4. The number of hydrogen-bond acceptors (Lipinski definition) is 4. The average Bonchev–Trinajstić information content (AvgIpc) is 3.02. The van der Waals surface area contributed by atoms with Gasteiger partial charge >= 0.3 is 0 Å². The van der Waals surface area contributed by atoms with Crippen LogP contribution in [-0.4, -0.2) is 29.1 Å². The maximum absolute atomic E-state index is 13.8. The summed E-state index contributed by atoms with van der Waals surface area (Å²) in [4.78, 5) is 0. The van der Waals surface area contributed by atoms with Gasteiger partial charge in [0.05, 0.1) is 30.9 Å². The van der Waals surface area contributed by atoms with E-state index in [1.54, 1.807) is 61.5 Å². The van der Waals surface area contributed by atoms with E-state index in [4.69, 9.17) is 21.7 Å². The molecular weight excluding hydrogens is 447 g/mol. The van der Waals surface area contributed by atoms with E-state index in [9.17, 15) is 4.39 Å². The molecule has 0 amide bonds.